The molecule has 0 heterocycles. The summed E-state index contributed by atoms with van der Waals surface area (Å²) in [6, 6.07) is 0. The molecule has 0 radical (unpaired) electrons. The van der Waals surface area contributed by atoms with Crippen LogP contribution in [-0.2, 0) is 9.59 Å². The summed E-state index contributed by atoms with van der Waals surface area (Å²) in [4.78, 5) is 23.2. The van der Waals surface area contributed by atoms with Gasteiger partial charge in [-0.05, 0) is 25.2 Å². The van der Waals surface area contributed by atoms with Crippen LogP contribution < -0.4 is 5.32 Å². The highest BCUT2D eigenvalue weighted by atomic mass is 16.4. The minimum absolute atomic E-state index is 0.00103. The van der Waals surface area contributed by atoms with E-state index >= 15 is 0 Å². The van der Waals surface area contributed by atoms with Gasteiger partial charge >= 0.3 is 5.97 Å². The summed E-state index contributed by atoms with van der Waals surface area (Å²) >= 11 is 0. The zero-order chi connectivity index (χ0) is 14.1. The fourth-order valence-electron chi connectivity index (χ4n) is 2.54. The molecule has 104 valence electrons. The zero-order valence-electron chi connectivity index (χ0n) is 11.5. The highest BCUT2D eigenvalue weighted by molar-refractivity contribution is 5.92. The van der Waals surface area contributed by atoms with Crippen molar-refractivity contribution >= 4 is 11.9 Å². The van der Waals surface area contributed by atoms with Crippen LogP contribution in [0, 0.1) is 17.3 Å². The Hall–Kier alpha value is -1.10. The fraction of sp³-hybridized carbons (Fsp3) is 0.846. The molecule has 1 fully saturated rings. The van der Waals surface area contributed by atoms with Crippen LogP contribution in [0.1, 0.15) is 40.5 Å². The van der Waals surface area contributed by atoms with E-state index < -0.39 is 28.8 Å². The maximum absolute atomic E-state index is 12.1. The second-order valence-corrected chi connectivity index (χ2v) is 5.99. The van der Waals surface area contributed by atoms with E-state index in [1.165, 1.54) is 0 Å². The van der Waals surface area contributed by atoms with Gasteiger partial charge in [0.1, 0.15) is 0 Å². The van der Waals surface area contributed by atoms with Gasteiger partial charge in [-0.2, -0.15) is 0 Å². The molecule has 0 aliphatic heterocycles. The van der Waals surface area contributed by atoms with E-state index in [1.54, 1.807) is 13.8 Å². The molecule has 0 aromatic carbocycles. The fourth-order valence-corrected chi connectivity index (χ4v) is 2.54. The minimum Gasteiger partial charge on any atom is -0.481 e. The normalized spacial score (nSPS) is 28.3. The van der Waals surface area contributed by atoms with Crippen molar-refractivity contribution in [2.45, 2.75) is 46.1 Å². The molecule has 0 spiro atoms. The van der Waals surface area contributed by atoms with E-state index in [9.17, 15) is 9.59 Å². The largest absolute Gasteiger partial charge is 0.481 e. The first-order chi connectivity index (χ1) is 8.19. The van der Waals surface area contributed by atoms with Crippen LogP contribution in [0.4, 0.5) is 0 Å². The molecule has 0 saturated heterocycles. The summed E-state index contributed by atoms with van der Waals surface area (Å²) in [5.41, 5.74) is -0.947. The van der Waals surface area contributed by atoms with Crippen LogP contribution in [0.15, 0.2) is 0 Å². The topological polar surface area (TPSA) is 86.6 Å². The molecule has 0 bridgehead atoms. The monoisotopic (exact) mass is 257 g/mol. The van der Waals surface area contributed by atoms with Gasteiger partial charge in [-0.15, -0.1) is 0 Å². The lowest BCUT2D eigenvalue weighted by Crippen LogP contribution is -2.47. The molecule has 0 aromatic rings. The van der Waals surface area contributed by atoms with Crippen molar-refractivity contribution in [3.05, 3.63) is 0 Å². The van der Waals surface area contributed by atoms with E-state index in [0.29, 0.717) is 12.8 Å². The van der Waals surface area contributed by atoms with Gasteiger partial charge in [-0.25, -0.2) is 0 Å². The number of carbonyl (C=O) groups is 2. The van der Waals surface area contributed by atoms with Crippen molar-refractivity contribution in [3.63, 3.8) is 0 Å². The number of hydrogen-bond acceptors (Lipinski definition) is 3. The Morgan fingerprint density at radius 1 is 1.33 bits per heavy atom. The van der Waals surface area contributed by atoms with Crippen LogP contribution >= 0.6 is 0 Å². The quantitative estimate of drug-likeness (QED) is 0.663. The molecular formula is C13H23NO4. The maximum Gasteiger partial charge on any atom is 0.307 e. The average Bonchev–Trinajstić information content (AvgIpc) is 2.82. The summed E-state index contributed by atoms with van der Waals surface area (Å²) in [7, 11) is 0. The van der Waals surface area contributed by atoms with Gasteiger partial charge in [0, 0.05) is 12.1 Å². The first kappa shape index (κ1) is 15.0. The molecule has 18 heavy (non-hydrogen) atoms. The Morgan fingerprint density at radius 2 is 1.89 bits per heavy atom. The number of rotatable bonds is 6. The highest BCUT2D eigenvalue weighted by Crippen LogP contribution is 2.58. The molecule has 1 saturated carbocycles. The second kappa shape index (κ2) is 4.88. The Labute approximate surface area is 108 Å². The smallest absolute Gasteiger partial charge is 0.307 e. The first-order valence-electron chi connectivity index (χ1n) is 6.35. The van der Waals surface area contributed by atoms with E-state index in [-0.39, 0.29) is 12.5 Å². The molecule has 3 atom stereocenters. The van der Waals surface area contributed by atoms with E-state index in [4.69, 9.17) is 10.2 Å². The summed E-state index contributed by atoms with van der Waals surface area (Å²) in [6.07, 6.45) is 1.17. The minimum atomic E-state index is -0.916. The molecule has 3 N–H and O–H groups in total. The summed E-state index contributed by atoms with van der Waals surface area (Å²) in [6.45, 7) is 7.40. The van der Waals surface area contributed by atoms with E-state index in [2.05, 4.69) is 5.32 Å². The Morgan fingerprint density at radius 3 is 2.22 bits per heavy atom. The Kier molecular flexibility index (Phi) is 4.05. The number of aliphatic hydroxyl groups is 1. The third-order valence-corrected chi connectivity index (χ3v) is 4.24. The summed E-state index contributed by atoms with van der Waals surface area (Å²) < 4.78 is 0. The van der Waals surface area contributed by atoms with Crippen molar-refractivity contribution < 1.29 is 19.8 Å². The molecule has 5 heteroatoms. The van der Waals surface area contributed by atoms with Gasteiger partial charge in [0.15, 0.2) is 0 Å². The number of carboxylic acids is 1. The van der Waals surface area contributed by atoms with Gasteiger partial charge in [0.25, 0.3) is 0 Å². The summed E-state index contributed by atoms with van der Waals surface area (Å²) in [5, 5.41) is 20.9. The van der Waals surface area contributed by atoms with Gasteiger partial charge in [0.2, 0.25) is 5.91 Å². The highest BCUT2D eigenvalue weighted by Gasteiger charge is 2.66. The van der Waals surface area contributed by atoms with Crippen molar-refractivity contribution in [3.8, 4) is 0 Å². The number of carbonyl (C=O) groups excluding carboxylic acids is 1. The van der Waals surface area contributed by atoms with Crippen LogP contribution in [-0.4, -0.2) is 34.2 Å². The third kappa shape index (κ3) is 2.66. The van der Waals surface area contributed by atoms with Gasteiger partial charge in [-0.1, -0.05) is 20.8 Å². The maximum atomic E-state index is 12.1. The van der Waals surface area contributed by atoms with Crippen LogP contribution in [0.5, 0.6) is 0 Å². The Balaban J connectivity index is 2.70. The lowest BCUT2D eigenvalue weighted by Gasteiger charge is -2.29. The van der Waals surface area contributed by atoms with E-state index in [1.807, 2.05) is 13.8 Å². The van der Waals surface area contributed by atoms with Crippen LogP contribution in [0.2, 0.25) is 0 Å². The SMILES string of the molecule is CCC(C)(CCO)NC(=O)[C@H]1[C@@H](C(=O)O)C1(C)C. The lowest BCUT2D eigenvalue weighted by molar-refractivity contribution is -0.140. The Bertz CT molecular complexity index is 353. The number of aliphatic hydroxyl groups excluding tert-OH is 1. The molecular weight excluding hydrogens is 234 g/mol. The second-order valence-electron chi connectivity index (χ2n) is 5.99. The van der Waals surface area contributed by atoms with Crippen LogP contribution in [0.3, 0.4) is 0 Å². The molecule has 0 aromatic heterocycles. The number of aliphatic carboxylic acids is 1. The number of carboxylic acid groups (broad SMARTS) is 1. The standard InChI is InChI=1S/C13H23NO4/c1-5-13(4,6-7-15)14-10(16)8-9(11(17)18)12(8,2)3/h8-9,15H,5-7H2,1-4H3,(H,14,16)(H,17,18)/t8-,9+,13?/m1/s1. The lowest BCUT2D eigenvalue weighted by atomic mass is 9.94. The molecule has 1 unspecified atom stereocenters. The number of amides is 1. The van der Waals surface area contributed by atoms with Gasteiger partial charge < -0.3 is 15.5 Å². The van der Waals surface area contributed by atoms with Gasteiger partial charge in [0.05, 0.1) is 11.8 Å². The third-order valence-electron chi connectivity index (χ3n) is 4.24. The van der Waals surface area contributed by atoms with Crippen molar-refractivity contribution in [2.24, 2.45) is 17.3 Å². The van der Waals surface area contributed by atoms with E-state index in [0.717, 1.165) is 0 Å². The number of nitrogens with one attached hydrogen (secondary N) is 1. The summed E-state index contributed by atoms with van der Waals surface area (Å²) in [5.74, 6) is -2.21. The van der Waals surface area contributed by atoms with Crippen molar-refractivity contribution in [1.82, 2.24) is 5.32 Å². The average molecular weight is 257 g/mol. The van der Waals surface area contributed by atoms with Crippen molar-refractivity contribution in [1.29, 1.82) is 0 Å². The number of hydrogen-bond donors (Lipinski definition) is 3. The molecule has 1 rings (SSSR count). The molecule has 1 amide bonds. The van der Waals surface area contributed by atoms with Crippen molar-refractivity contribution in [2.75, 3.05) is 6.61 Å². The first-order valence-corrected chi connectivity index (χ1v) is 6.35. The van der Waals surface area contributed by atoms with Crippen LogP contribution in [0.25, 0.3) is 0 Å². The zero-order valence-corrected chi connectivity index (χ0v) is 11.5. The predicted octanol–water partition coefficient (Wildman–Crippen LogP) is 1.01. The molecule has 5 nitrogen and oxygen atoms in total. The predicted molar refractivity (Wildman–Crippen MR) is 66.9 cm³/mol. The van der Waals surface area contributed by atoms with Gasteiger partial charge in [-0.3, -0.25) is 9.59 Å². The molecule has 1 aliphatic rings. The molecule has 1 aliphatic carbocycles.